The Hall–Kier alpha value is -1.69. The van der Waals surface area contributed by atoms with Crippen molar-refractivity contribution in [3.05, 3.63) is 64.2 Å². The quantitative estimate of drug-likeness (QED) is 0.854. The molecule has 2 rings (SSSR count). The lowest BCUT2D eigenvalue weighted by Crippen LogP contribution is -2.24. The molecule has 0 aliphatic carbocycles. The Morgan fingerprint density at radius 2 is 1.95 bits per heavy atom. The molecule has 3 nitrogen and oxygen atoms in total. The fourth-order valence-corrected chi connectivity index (χ4v) is 2.20. The monoisotopic (exact) mass is 327 g/mol. The summed E-state index contributed by atoms with van der Waals surface area (Å²) in [4.78, 5) is 0. The van der Waals surface area contributed by atoms with Gasteiger partial charge in [-0.1, -0.05) is 23.7 Å². The van der Waals surface area contributed by atoms with Crippen molar-refractivity contribution in [3.8, 4) is 5.75 Å². The van der Waals surface area contributed by atoms with E-state index in [2.05, 4.69) is 5.32 Å². The third-order valence-electron chi connectivity index (χ3n) is 3.30. The number of hydrogen-bond acceptors (Lipinski definition) is 3. The number of ether oxygens (including phenoxy) is 1. The number of benzene rings is 2. The minimum absolute atomic E-state index is 0.0256. The van der Waals surface area contributed by atoms with Crippen LogP contribution in [-0.2, 0) is 6.54 Å². The lowest BCUT2D eigenvalue weighted by atomic mass is 10.1. The van der Waals surface area contributed by atoms with Gasteiger partial charge in [-0.3, -0.25) is 0 Å². The maximum Gasteiger partial charge on any atom is 0.165 e. The molecule has 0 aliphatic heterocycles. The van der Waals surface area contributed by atoms with Crippen molar-refractivity contribution < 1.29 is 18.6 Å². The van der Waals surface area contributed by atoms with Gasteiger partial charge in [0.15, 0.2) is 11.6 Å². The van der Waals surface area contributed by atoms with Gasteiger partial charge in [-0.2, -0.15) is 0 Å². The van der Waals surface area contributed by atoms with Gasteiger partial charge in [0.25, 0.3) is 0 Å². The second kappa shape index (κ2) is 7.54. The van der Waals surface area contributed by atoms with Crippen LogP contribution in [0.2, 0.25) is 5.02 Å². The van der Waals surface area contributed by atoms with Crippen LogP contribution in [0.25, 0.3) is 0 Å². The van der Waals surface area contributed by atoms with Gasteiger partial charge < -0.3 is 15.2 Å². The van der Waals surface area contributed by atoms with Crippen molar-refractivity contribution in [2.45, 2.75) is 12.6 Å². The zero-order valence-electron chi connectivity index (χ0n) is 11.9. The van der Waals surface area contributed by atoms with Gasteiger partial charge >= 0.3 is 0 Å². The summed E-state index contributed by atoms with van der Waals surface area (Å²) < 4.78 is 31.9. The van der Waals surface area contributed by atoms with E-state index in [1.54, 1.807) is 12.1 Å². The topological polar surface area (TPSA) is 41.5 Å². The van der Waals surface area contributed by atoms with E-state index in [0.29, 0.717) is 17.7 Å². The highest BCUT2D eigenvalue weighted by Gasteiger charge is 2.12. The number of aliphatic hydroxyl groups is 1. The Morgan fingerprint density at radius 1 is 1.18 bits per heavy atom. The summed E-state index contributed by atoms with van der Waals surface area (Å²) in [5.74, 6) is -0.836. The van der Waals surface area contributed by atoms with Crippen molar-refractivity contribution in [2.24, 2.45) is 0 Å². The van der Waals surface area contributed by atoms with E-state index in [9.17, 15) is 13.9 Å². The molecule has 0 bridgehead atoms. The summed E-state index contributed by atoms with van der Waals surface area (Å²) in [6, 6.07) is 8.45. The normalized spacial score (nSPS) is 12.2. The Balaban J connectivity index is 2.07. The van der Waals surface area contributed by atoms with Gasteiger partial charge in [0.1, 0.15) is 5.82 Å². The minimum atomic E-state index is -0.546. The number of aliphatic hydroxyl groups excluding tert-OH is 1. The van der Waals surface area contributed by atoms with Gasteiger partial charge in [-0.05, 0) is 35.4 Å². The molecule has 0 aliphatic rings. The molecule has 2 N–H and O–H groups in total. The summed E-state index contributed by atoms with van der Waals surface area (Å²) >= 11 is 5.64. The third-order valence-corrected chi connectivity index (χ3v) is 3.60. The van der Waals surface area contributed by atoms with E-state index in [0.717, 1.165) is 0 Å². The highest BCUT2D eigenvalue weighted by Crippen LogP contribution is 2.21. The first-order chi connectivity index (χ1) is 10.5. The molecular formula is C16H16ClF2NO2. The number of halogens is 3. The lowest BCUT2D eigenvalue weighted by molar-refractivity contribution is 0.243. The second-order valence-corrected chi connectivity index (χ2v) is 5.17. The van der Waals surface area contributed by atoms with Gasteiger partial charge in [0, 0.05) is 6.54 Å². The average molecular weight is 328 g/mol. The van der Waals surface area contributed by atoms with Crippen LogP contribution >= 0.6 is 11.6 Å². The molecule has 0 saturated carbocycles. The predicted molar refractivity (Wildman–Crippen MR) is 81.0 cm³/mol. The zero-order valence-corrected chi connectivity index (χ0v) is 12.7. The van der Waals surface area contributed by atoms with E-state index in [1.807, 2.05) is 0 Å². The average Bonchev–Trinajstić information content (AvgIpc) is 2.51. The molecule has 118 valence electrons. The van der Waals surface area contributed by atoms with Crippen LogP contribution in [0.15, 0.2) is 36.4 Å². The molecule has 1 unspecified atom stereocenters. The van der Waals surface area contributed by atoms with Gasteiger partial charge in [-0.25, -0.2) is 8.78 Å². The fraction of sp³-hybridized carbons (Fsp3) is 0.250. The van der Waals surface area contributed by atoms with E-state index in [4.69, 9.17) is 16.3 Å². The zero-order chi connectivity index (χ0) is 16.1. The molecule has 0 amide bonds. The molecule has 0 heterocycles. The molecular weight excluding hydrogens is 312 g/mol. The first-order valence-corrected chi connectivity index (χ1v) is 7.04. The van der Waals surface area contributed by atoms with Crippen LogP contribution in [0.3, 0.4) is 0 Å². The smallest absolute Gasteiger partial charge is 0.165 e. The standard InChI is InChI=1S/C16H16ClF2NO2/c1-22-16-5-2-10(6-14(16)19)8-20-15(9-21)11-3-4-12(17)13(18)7-11/h2-7,15,20-21H,8-9H2,1H3. The predicted octanol–water partition coefficient (Wildman–Crippen LogP) is 3.45. The maximum atomic E-state index is 13.6. The van der Waals surface area contributed by atoms with Crippen LogP contribution < -0.4 is 10.1 Å². The highest BCUT2D eigenvalue weighted by atomic mass is 35.5. The summed E-state index contributed by atoms with van der Waals surface area (Å²) in [6.45, 7) is 0.0933. The summed E-state index contributed by atoms with van der Waals surface area (Å²) in [6.07, 6.45) is 0. The van der Waals surface area contributed by atoms with Gasteiger partial charge in [-0.15, -0.1) is 0 Å². The molecule has 1 atom stereocenters. The van der Waals surface area contributed by atoms with E-state index < -0.39 is 17.7 Å². The molecule has 2 aromatic rings. The molecule has 22 heavy (non-hydrogen) atoms. The van der Waals surface area contributed by atoms with E-state index in [-0.39, 0.29) is 17.4 Å². The molecule has 0 radical (unpaired) electrons. The van der Waals surface area contributed by atoms with Crippen molar-refractivity contribution in [3.63, 3.8) is 0 Å². The summed E-state index contributed by atoms with van der Waals surface area (Å²) in [5, 5.41) is 12.5. The van der Waals surface area contributed by atoms with Crippen LogP contribution in [0.5, 0.6) is 5.75 Å². The van der Waals surface area contributed by atoms with E-state index in [1.165, 1.54) is 31.4 Å². The van der Waals surface area contributed by atoms with Crippen LogP contribution in [-0.4, -0.2) is 18.8 Å². The fourth-order valence-electron chi connectivity index (χ4n) is 2.08. The first kappa shape index (κ1) is 16.7. The van der Waals surface area contributed by atoms with Crippen molar-refractivity contribution in [1.29, 1.82) is 0 Å². The molecule has 0 fully saturated rings. The molecule has 0 saturated heterocycles. The summed E-state index contributed by atoms with van der Waals surface area (Å²) in [5.41, 5.74) is 1.25. The molecule has 0 spiro atoms. The molecule has 6 heteroatoms. The molecule has 0 aromatic heterocycles. The number of hydrogen-bond donors (Lipinski definition) is 2. The van der Waals surface area contributed by atoms with Gasteiger partial charge in [0.05, 0.1) is 24.8 Å². The van der Waals surface area contributed by atoms with Crippen molar-refractivity contribution in [1.82, 2.24) is 5.32 Å². The number of nitrogens with one attached hydrogen (secondary N) is 1. The van der Waals surface area contributed by atoms with Crippen molar-refractivity contribution >= 4 is 11.6 Å². The van der Waals surface area contributed by atoms with Crippen molar-refractivity contribution in [2.75, 3.05) is 13.7 Å². The SMILES string of the molecule is COc1ccc(CNC(CO)c2ccc(Cl)c(F)c2)cc1F. The van der Waals surface area contributed by atoms with Crippen LogP contribution in [0.4, 0.5) is 8.78 Å². The summed E-state index contributed by atoms with van der Waals surface area (Å²) in [7, 11) is 1.40. The van der Waals surface area contributed by atoms with Crippen LogP contribution in [0, 0.1) is 11.6 Å². The maximum absolute atomic E-state index is 13.6. The van der Waals surface area contributed by atoms with E-state index >= 15 is 0 Å². The Kier molecular flexibility index (Phi) is 5.71. The van der Waals surface area contributed by atoms with Crippen LogP contribution in [0.1, 0.15) is 17.2 Å². The largest absolute Gasteiger partial charge is 0.494 e. The third kappa shape index (κ3) is 3.94. The minimum Gasteiger partial charge on any atom is -0.494 e. The Labute approximate surface area is 132 Å². The Morgan fingerprint density at radius 3 is 2.55 bits per heavy atom. The highest BCUT2D eigenvalue weighted by molar-refractivity contribution is 6.30. The lowest BCUT2D eigenvalue weighted by Gasteiger charge is -2.17. The number of methoxy groups -OCH3 is 1. The van der Waals surface area contributed by atoms with Gasteiger partial charge in [0.2, 0.25) is 0 Å². The molecule has 2 aromatic carbocycles. The number of rotatable bonds is 6. The first-order valence-electron chi connectivity index (χ1n) is 6.66. The Bertz CT molecular complexity index is 652. The second-order valence-electron chi connectivity index (χ2n) is 4.76.